The van der Waals surface area contributed by atoms with Gasteiger partial charge in [-0.05, 0) is 45.9 Å². The molecule has 0 fully saturated rings. The number of nitrogens with zero attached hydrogens (tertiary/aromatic N) is 1. The van der Waals surface area contributed by atoms with Crippen molar-refractivity contribution in [3.8, 4) is 5.75 Å². The Morgan fingerprint density at radius 3 is 2.29 bits per heavy atom. The van der Waals surface area contributed by atoms with Gasteiger partial charge in [0.15, 0.2) is 6.61 Å². The molecule has 0 aliphatic rings. The highest BCUT2D eigenvalue weighted by Gasteiger charge is 2.21. The average molecular weight is 297 g/mol. The van der Waals surface area contributed by atoms with Crippen molar-refractivity contribution in [1.29, 1.82) is 0 Å². The van der Waals surface area contributed by atoms with Crippen LogP contribution in [0.1, 0.15) is 38.1 Å². The van der Waals surface area contributed by atoms with E-state index in [4.69, 9.17) is 9.84 Å². The Morgan fingerprint density at radius 1 is 1.24 bits per heavy atom. The number of aromatic carboxylic acids is 1. The monoisotopic (exact) mass is 297 g/mol. The van der Waals surface area contributed by atoms with Gasteiger partial charge in [0.2, 0.25) is 0 Å². The van der Waals surface area contributed by atoms with E-state index in [0.717, 1.165) is 12.1 Å². The van der Waals surface area contributed by atoms with Gasteiger partial charge in [-0.2, -0.15) is 0 Å². The number of benzene rings is 1. The minimum atomic E-state index is -1.30. The largest absolute Gasteiger partial charge is 0.483 e. The van der Waals surface area contributed by atoms with Crippen molar-refractivity contribution in [2.45, 2.75) is 39.8 Å². The summed E-state index contributed by atoms with van der Waals surface area (Å²) >= 11 is 0. The summed E-state index contributed by atoms with van der Waals surface area (Å²) in [7, 11) is 0. The summed E-state index contributed by atoms with van der Waals surface area (Å²) in [6, 6.07) is 3.18. The topological polar surface area (TPSA) is 66.8 Å². The van der Waals surface area contributed by atoms with Gasteiger partial charge in [-0.1, -0.05) is 0 Å². The summed E-state index contributed by atoms with van der Waals surface area (Å²) in [6.45, 7) is 7.26. The Bertz CT molecular complexity index is 520. The Morgan fingerprint density at radius 2 is 1.81 bits per heavy atom. The van der Waals surface area contributed by atoms with E-state index in [1.165, 1.54) is 6.07 Å². The molecule has 116 valence electrons. The molecule has 0 saturated heterocycles. The maximum Gasteiger partial charge on any atom is 0.339 e. The minimum Gasteiger partial charge on any atom is -0.483 e. The molecule has 5 nitrogen and oxygen atoms in total. The Labute approximate surface area is 123 Å². The molecule has 0 radical (unpaired) electrons. The third-order valence-corrected chi connectivity index (χ3v) is 2.92. The fourth-order valence-corrected chi connectivity index (χ4v) is 2.18. The number of amides is 1. The van der Waals surface area contributed by atoms with Crippen molar-refractivity contribution in [2.24, 2.45) is 0 Å². The third kappa shape index (κ3) is 4.44. The van der Waals surface area contributed by atoms with Gasteiger partial charge in [0, 0.05) is 12.1 Å². The van der Waals surface area contributed by atoms with Crippen molar-refractivity contribution in [1.82, 2.24) is 4.90 Å². The maximum absolute atomic E-state index is 13.1. The summed E-state index contributed by atoms with van der Waals surface area (Å²) in [5.74, 6) is -2.25. The molecule has 1 aromatic rings. The standard InChI is InChI=1S/C15H20FNO4/c1-9(2)17(10(3)4)14(18)8-21-13-6-5-11(16)7-12(13)15(19)20/h5-7,9-10H,8H2,1-4H3,(H,19,20). The van der Waals surface area contributed by atoms with Crippen LogP contribution in [0.15, 0.2) is 18.2 Å². The van der Waals surface area contributed by atoms with Gasteiger partial charge in [-0.15, -0.1) is 0 Å². The van der Waals surface area contributed by atoms with Gasteiger partial charge in [0.05, 0.1) is 0 Å². The van der Waals surface area contributed by atoms with Crippen LogP contribution >= 0.6 is 0 Å². The predicted octanol–water partition coefficient (Wildman–Crippen LogP) is 2.55. The number of hydrogen-bond acceptors (Lipinski definition) is 3. The molecular formula is C15H20FNO4. The first kappa shape index (κ1) is 16.9. The average Bonchev–Trinajstić information content (AvgIpc) is 2.36. The lowest BCUT2D eigenvalue weighted by Crippen LogP contribution is -2.44. The molecule has 1 amide bonds. The summed E-state index contributed by atoms with van der Waals surface area (Å²) < 4.78 is 18.3. The van der Waals surface area contributed by atoms with Crippen LogP contribution in [-0.2, 0) is 4.79 Å². The highest BCUT2D eigenvalue weighted by Crippen LogP contribution is 2.20. The molecule has 1 N–H and O–H groups in total. The molecular weight excluding hydrogens is 277 g/mol. The second-order valence-corrected chi connectivity index (χ2v) is 5.22. The van der Waals surface area contributed by atoms with Crippen molar-refractivity contribution in [2.75, 3.05) is 6.61 Å². The summed E-state index contributed by atoms with van der Waals surface area (Å²) in [5.41, 5.74) is -0.302. The number of hydrogen-bond donors (Lipinski definition) is 1. The Kier molecular flexibility index (Phi) is 5.69. The smallest absolute Gasteiger partial charge is 0.339 e. The van der Waals surface area contributed by atoms with Crippen LogP contribution in [0, 0.1) is 5.82 Å². The van der Waals surface area contributed by atoms with E-state index in [-0.39, 0.29) is 35.9 Å². The lowest BCUT2D eigenvalue weighted by molar-refractivity contribution is -0.137. The molecule has 0 aliphatic heterocycles. The van der Waals surface area contributed by atoms with Gasteiger partial charge in [0.1, 0.15) is 17.1 Å². The number of carboxylic acids is 1. The Balaban J connectivity index is 2.84. The second-order valence-electron chi connectivity index (χ2n) is 5.22. The maximum atomic E-state index is 13.1. The van der Waals surface area contributed by atoms with E-state index in [2.05, 4.69) is 0 Å². The Hall–Kier alpha value is -2.11. The second kappa shape index (κ2) is 7.06. The van der Waals surface area contributed by atoms with E-state index in [0.29, 0.717) is 0 Å². The zero-order chi connectivity index (χ0) is 16.2. The van der Waals surface area contributed by atoms with E-state index < -0.39 is 11.8 Å². The summed E-state index contributed by atoms with van der Waals surface area (Å²) in [6.07, 6.45) is 0. The highest BCUT2D eigenvalue weighted by atomic mass is 19.1. The van der Waals surface area contributed by atoms with Crippen LogP contribution in [0.25, 0.3) is 0 Å². The SMILES string of the molecule is CC(C)N(C(=O)COc1ccc(F)cc1C(=O)O)C(C)C. The number of ether oxygens (including phenoxy) is 1. The van der Waals surface area contributed by atoms with Gasteiger partial charge in [0.25, 0.3) is 5.91 Å². The molecule has 0 heterocycles. The molecule has 0 atom stereocenters. The van der Waals surface area contributed by atoms with Crippen LogP contribution in [0.5, 0.6) is 5.75 Å². The summed E-state index contributed by atoms with van der Waals surface area (Å²) in [5, 5.41) is 9.00. The first-order valence-electron chi connectivity index (χ1n) is 6.70. The zero-order valence-electron chi connectivity index (χ0n) is 12.6. The molecule has 0 unspecified atom stereocenters. The molecule has 1 rings (SSSR count). The molecule has 0 spiro atoms. The number of carbonyl (C=O) groups is 2. The molecule has 0 saturated carbocycles. The number of halogens is 1. The van der Waals surface area contributed by atoms with Gasteiger partial charge in [-0.3, -0.25) is 4.79 Å². The van der Waals surface area contributed by atoms with Crippen molar-refractivity contribution in [3.05, 3.63) is 29.6 Å². The van der Waals surface area contributed by atoms with E-state index in [1.807, 2.05) is 27.7 Å². The molecule has 0 bridgehead atoms. The molecule has 21 heavy (non-hydrogen) atoms. The van der Waals surface area contributed by atoms with Crippen LogP contribution in [0.2, 0.25) is 0 Å². The van der Waals surface area contributed by atoms with Crippen molar-refractivity contribution in [3.63, 3.8) is 0 Å². The fourth-order valence-electron chi connectivity index (χ4n) is 2.18. The fraction of sp³-hybridized carbons (Fsp3) is 0.467. The lowest BCUT2D eigenvalue weighted by Gasteiger charge is -2.30. The van der Waals surface area contributed by atoms with Crippen LogP contribution in [0.4, 0.5) is 4.39 Å². The van der Waals surface area contributed by atoms with E-state index in [1.54, 1.807) is 4.90 Å². The van der Waals surface area contributed by atoms with E-state index in [9.17, 15) is 14.0 Å². The normalized spacial score (nSPS) is 10.8. The van der Waals surface area contributed by atoms with Crippen LogP contribution in [0.3, 0.4) is 0 Å². The first-order chi connectivity index (χ1) is 9.73. The first-order valence-corrected chi connectivity index (χ1v) is 6.70. The lowest BCUT2D eigenvalue weighted by atomic mass is 10.2. The number of rotatable bonds is 6. The molecule has 0 aliphatic carbocycles. The van der Waals surface area contributed by atoms with Gasteiger partial charge < -0.3 is 14.7 Å². The van der Waals surface area contributed by atoms with Crippen molar-refractivity contribution >= 4 is 11.9 Å². The summed E-state index contributed by atoms with van der Waals surface area (Å²) in [4.78, 5) is 24.8. The van der Waals surface area contributed by atoms with Crippen molar-refractivity contribution < 1.29 is 23.8 Å². The van der Waals surface area contributed by atoms with Gasteiger partial charge in [-0.25, -0.2) is 9.18 Å². The molecule has 0 aromatic heterocycles. The zero-order valence-corrected chi connectivity index (χ0v) is 12.6. The quantitative estimate of drug-likeness (QED) is 0.876. The number of carbonyl (C=O) groups excluding carboxylic acids is 1. The predicted molar refractivity (Wildman–Crippen MR) is 76.0 cm³/mol. The number of carboxylic acid groups (broad SMARTS) is 1. The van der Waals surface area contributed by atoms with Crippen LogP contribution < -0.4 is 4.74 Å². The molecule has 6 heteroatoms. The third-order valence-electron chi connectivity index (χ3n) is 2.92. The highest BCUT2D eigenvalue weighted by molar-refractivity contribution is 5.91. The minimum absolute atomic E-state index is 0.00765. The van der Waals surface area contributed by atoms with Gasteiger partial charge >= 0.3 is 5.97 Å². The van der Waals surface area contributed by atoms with E-state index >= 15 is 0 Å². The van der Waals surface area contributed by atoms with Crippen LogP contribution in [-0.4, -0.2) is 40.6 Å². The molecule has 1 aromatic carbocycles.